The highest BCUT2D eigenvalue weighted by molar-refractivity contribution is 9.10. The van der Waals surface area contributed by atoms with Crippen molar-refractivity contribution < 1.29 is 0 Å². The van der Waals surface area contributed by atoms with Gasteiger partial charge in [0.1, 0.15) is 5.69 Å². The number of nitrogens with zero attached hydrogens (tertiary/aromatic N) is 1. The third-order valence-electron chi connectivity index (χ3n) is 2.27. The second-order valence-electron chi connectivity index (χ2n) is 3.38. The number of rotatable bonds is 2. The van der Waals surface area contributed by atoms with Gasteiger partial charge in [0.05, 0.1) is 4.47 Å². The summed E-state index contributed by atoms with van der Waals surface area (Å²) in [7, 11) is 0. The van der Waals surface area contributed by atoms with Gasteiger partial charge in [0.15, 0.2) is 0 Å². The van der Waals surface area contributed by atoms with E-state index in [4.69, 9.17) is 23.2 Å². The Labute approximate surface area is 112 Å². The van der Waals surface area contributed by atoms with Gasteiger partial charge in [0.2, 0.25) is 0 Å². The highest BCUT2D eigenvalue weighted by Crippen LogP contribution is 2.32. The molecule has 0 aliphatic rings. The van der Waals surface area contributed by atoms with Gasteiger partial charge in [0.25, 0.3) is 0 Å². The van der Waals surface area contributed by atoms with Crippen molar-refractivity contribution in [2.45, 2.75) is 13.3 Å². The molecule has 0 spiro atoms. The normalized spacial score (nSPS) is 10.8. The Morgan fingerprint density at radius 2 is 1.88 bits per heavy atom. The molecule has 0 saturated carbocycles. The summed E-state index contributed by atoms with van der Waals surface area (Å²) in [5.41, 5.74) is 2.80. The number of nitrogens with one attached hydrogen (secondary N) is 1. The van der Waals surface area contributed by atoms with E-state index in [0.29, 0.717) is 10.0 Å². The Balaban J connectivity index is 2.54. The van der Waals surface area contributed by atoms with Crippen LogP contribution in [0.2, 0.25) is 10.0 Å². The van der Waals surface area contributed by atoms with Gasteiger partial charge >= 0.3 is 0 Å². The molecular formula is C11H9BrCl2N2. The highest BCUT2D eigenvalue weighted by Gasteiger charge is 2.12. The summed E-state index contributed by atoms with van der Waals surface area (Å²) in [6.07, 6.45) is 0.891. The van der Waals surface area contributed by atoms with Crippen molar-refractivity contribution >= 4 is 39.1 Å². The molecule has 1 N–H and O–H groups in total. The first-order valence-corrected chi connectivity index (χ1v) is 6.36. The number of benzene rings is 1. The first-order valence-electron chi connectivity index (χ1n) is 4.81. The van der Waals surface area contributed by atoms with Gasteiger partial charge in [0, 0.05) is 21.3 Å². The van der Waals surface area contributed by atoms with E-state index in [1.807, 2.05) is 12.1 Å². The van der Waals surface area contributed by atoms with Crippen LogP contribution >= 0.6 is 39.1 Å². The SMILES string of the molecule is CCc1[nH]nc(-c2cc(Cl)cc(Cl)c2)c1Br. The number of hydrogen-bond acceptors (Lipinski definition) is 1. The zero-order valence-corrected chi connectivity index (χ0v) is 11.6. The number of aryl methyl sites for hydroxylation is 1. The Morgan fingerprint density at radius 3 is 2.38 bits per heavy atom. The molecule has 0 amide bonds. The molecule has 1 aromatic carbocycles. The maximum Gasteiger partial charge on any atom is 0.107 e. The standard InChI is InChI=1S/C11H9BrCl2N2/c1-2-9-10(12)11(16-15-9)6-3-7(13)5-8(14)4-6/h3-5H,2H2,1H3,(H,15,16). The highest BCUT2D eigenvalue weighted by atomic mass is 79.9. The monoisotopic (exact) mass is 318 g/mol. The number of hydrogen-bond donors (Lipinski definition) is 1. The van der Waals surface area contributed by atoms with Gasteiger partial charge in [-0.2, -0.15) is 5.10 Å². The van der Waals surface area contributed by atoms with E-state index in [1.165, 1.54) is 0 Å². The van der Waals surface area contributed by atoms with E-state index < -0.39 is 0 Å². The van der Waals surface area contributed by atoms with E-state index >= 15 is 0 Å². The number of halogens is 3. The van der Waals surface area contributed by atoms with Crippen LogP contribution in [-0.2, 0) is 6.42 Å². The number of aromatic amines is 1. The minimum Gasteiger partial charge on any atom is -0.281 e. The van der Waals surface area contributed by atoms with E-state index in [0.717, 1.165) is 27.8 Å². The Morgan fingerprint density at radius 1 is 1.25 bits per heavy atom. The van der Waals surface area contributed by atoms with Crippen LogP contribution in [0.15, 0.2) is 22.7 Å². The topological polar surface area (TPSA) is 28.7 Å². The minimum atomic E-state index is 0.607. The molecule has 5 heteroatoms. The molecule has 2 nitrogen and oxygen atoms in total. The van der Waals surface area contributed by atoms with Crippen molar-refractivity contribution in [3.8, 4) is 11.3 Å². The summed E-state index contributed by atoms with van der Waals surface area (Å²) < 4.78 is 0.966. The zero-order valence-electron chi connectivity index (χ0n) is 8.52. The van der Waals surface area contributed by atoms with Gasteiger partial charge in [-0.15, -0.1) is 0 Å². The van der Waals surface area contributed by atoms with Crippen LogP contribution in [-0.4, -0.2) is 10.2 Å². The van der Waals surface area contributed by atoms with Crippen molar-refractivity contribution in [2.24, 2.45) is 0 Å². The van der Waals surface area contributed by atoms with Crippen molar-refractivity contribution in [1.82, 2.24) is 10.2 Å². The molecule has 2 rings (SSSR count). The van der Waals surface area contributed by atoms with Gasteiger partial charge in [-0.05, 0) is 40.5 Å². The van der Waals surface area contributed by atoms with Gasteiger partial charge in [-0.25, -0.2) is 0 Å². The van der Waals surface area contributed by atoms with Crippen LogP contribution in [0.5, 0.6) is 0 Å². The molecular weight excluding hydrogens is 311 g/mol. The van der Waals surface area contributed by atoms with Crippen LogP contribution < -0.4 is 0 Å². The quantitative estimate of drug-likeness (QED) is 0.853. The molecule has 0 fully saturated rings. The fraction of sp³-hybridized carbons (Fsp3) is 0.182. The first-order chi connectivity index (χ1) is 7.61. The summed E-state index contributed by atoms with van der Waals surface area (Å²) in [5.74, 6) is 0. The van der Waals surface area contributed by atoms with E-state index in [1.54, 1.807) is 6.07 Å². The van der Waals surface area contributed by atoms with Crippen LogP contribution in [0.3, 0.4) is 0 Å². The van der Waals surface area contributed by atoms with E-state index in [2.05, 4.69) is 33.1 Å². The van der Waals surface area contributed by atoms with E-state index in [-0.39, 0.29) is 0 Å². The lowest BCUT2D eigenvalue weighted by atomic mass is 10.1. The van der Waals surface area contributed by atoms with Crippen LogP contribution in [0.4, 0.5) is 0 Å². The third-order valence-corrected chi connectivity index (χ3v) is 3.56. The maximum absolute atomic E-state index is 5.96. The molecule has 16 heavy (non-hydrogen) atoms. The average Bonchev–Trinajstić information content (AvgIpc) is 2.58. The largest absolute Gasteiger partial charge is 0.281 e. The molecule has 0 saturated heterocycles. The summed E-state index contributed by atoms with van der Waals surface area (Å²) in [6, 6.07) is 5.38. The summed E-state index contributed by atoms with van der Waals surface area (Å²) >= 11 is 15.4. The molecule has 84 valence electrons. The molecule has 2 aromatic rings. The second-order valence-corrected chi connectivity index (χ2v) is 5.04. The molecule has 0 aliphatic carbocycles. The van der Waals surface area contributed by atoms with Crippen LogP contribution in [0.25, 0.3) is 11.3 Å². The number of H-pyrrole nitrogens is 1. The lowest BCUT2D eigenvalue weighted by molar-refractivity contribution is 0.973. The lowest BCUT2D eigenvalue weighted by Gasteiger charge is -2.00. The van der Waals surface area contributed by atoms with Gasteiger partial charge in [-0.3, -0.25) is 5.10 Å². The van der Waals surface area contributed by atoms with Crippen molar-refractivity contribution in [1.29, 1.82) is 0 Å². The fourth-order valence-corrected chi connectivity index (χ4v) is 2.69. The molecule has 0 bridgehead atoms. The maximum atomic E-state index is 5.96. The van der Waals surface area contributed by atoms with Crippen molar-refractivity contribution in [3.05, 3.63) is 38.4 Å². The predicted octanol–water partition coefficient (Wildman–Crippen LogP) is 4.71. The first kappa shape index (κ1) is 12.0. The Kier molecular flexibility index (Phi) is 3.57. The summed E-state index contributed by atoms with van der Waals surface area (Å²) in [6.45, 7) is 2.06. The summed E-state index contributed by atoms with van der Waals surface area (Å²) in [4.78, 5) is 0. The Bertz CT molecular complexity index is 502. The molecule has 0 radical (unpaired) electrons. The predicted molar refractivity (Wildman–Crippen MR) is 71.1 cm³/mol. The third kappa shape index (κ3) is 2.26. The smallest absolute Gasteiger partial charge is 0.107 e. The number of aromatic nitrogens is 2. The fourth-order valence-electron chi connectivity index (χ4n) is 1.48. The van der Waals surface area contributed by atoms with Crippen LogP contribution in [0.1, 0.15) is 12.6 Å². The summed E-state index contributed by atoms with van der Waals surface area (Å²) in [5, 5.41) is 8.44. The van der Waals surface area contributed by atoms with Gasteiger partial charge in [-0.1, -0.05) is 30.1 Å². The second kappa shape index (κ2) is 4.78. The molecule has 0 unspecified atom stereocenters. The lowest BCUT2D eigenvalue weighted by Crippen LogP contribution is -1.80. The Hall–Kier alpha value is -0.510. The molecule has 0 aliphatic heterocycles. The van der Waals surface area contributed by atoms with Gasteiger partial charge < -0.3 is 0 Å². The minimum absolute atomic E-state index is 0.607. The van der Waals surface area contributed by atoms with Crippen molar-refractivity contribution in [2.75, 3.05) is 0 Å². The van der Waals surface area contributed by atoms with Crippen LogP contribution in [0, 0.1) is 0 Å². The zero-order chi connectivity index (χ0) is 11.7. The molecule has 0 atom stereocenters. The van der Waals surface area contributed by atoms with Crippen molar-refractivity contribution in [3.63, 3.8) is 0 Å². The molecule has 1 aromatic heterocycles. The average molecular weight is 320 g/mol. The molecule has 1 heterocycles. The van der Waals surface area contributed by atoms with E-state index in [9.17, 15) is 0 Å².